The Hall–Kier alpha value is -0.860. The number of hydrogen-bond donors (Lipinski definition) is 1. The van der Waals surface area contributed by atoms with Gasteiger partial charge in [0.1, 0.15) is 0 Å². The first-order valence-corrected chi connectivity index (χ1v) is 7.95. The Morgan fingerprint density at radius 1 is 1.20 bits per heavy atom. The Labute approximate surface area is 123 Å². The van der Waals surface area contributed by atoms with Crippen LogP contribution in [0.1, 0.15) is 50.3 Å². The monoisotopic (exact) mass is 275 g/mol. The van der Waals surface area contributed by atoms with E-state index in [9.17, 15) is 0 Å². The third kappa shape index (κ3) is 4.32. The highest BCUT2D eigenvalue weighted by Gasteiger charge is 2.27. The Morgan fingerprint density at radius 3 is 2.50 bits per heavy atom. The molecule has 112 valence electrons. The summed E-state index contributed by atoms with van der Waals surface area (Å²) in [5.41, 5.74) is 2.60. The van der Waals surface area contributed by atoms with Crippen LogP contribution in [0, 0.1) is 18.8 Å². The normalized spacial score (nSPS) is 28.3. The summed E-state index contributed by atoms with van der Waals surface area (Å²) in [5, 5.41) is 3.27. The zero-order valence-electron chi connectivity index (χ0n) is 13.4. The zero-order chi connectivity index (χ0) is 14.5. The SMILES string of the molecule is CNCC(OC1CC(C)CC(C)C1)c1cccc(C)c1. The molecule has 20 heavy (non-hydrogen) atoms. The highest BCUT2D eigenvalue weighted by molar-refractivity contribution is 5.24. The molecule has 1 aliphatic rings. The van der Waals surface area contributed by atoms with E-state index in [1.54, 1.807) is 0 Å². The van der Waals surface area contributed by atoms with Crippen molar-refractivity contribution >= 4 is 0 Å². The van der Waals surface area contributed by atoms with Gasteiger partial charge in [0.15, 0.2) is 0 Å². The second-order valence-electron chi connectivity index (χ2n) is 6.64. The summed E-state index contributed by atoms with van der Waals surface area (Å²) >= 11 is 0. The van der Waals surface area contributed by atoms with Gasteiger partial charge in [0.2, 0.25) is 0 Å². The van der Waals surface area contributed by atoms with Crippen molar-refractivity contribution in [2.24, 2.45) is 11.8 Å². The number of benzene rings is 1. The molecular formula is C18H29NO. The standard InChI is InChI=1S/C18H29NO/c1-13-6-5-7-16(9-13)18(12-19-4)20-17-10-14(2)8-15(3)11-17/h5-7,9,14-15,17-19H,8,10-12H2,1-4H3. The number of nitrogens with one attached hydrogen (secondary N) is 1. The molecule has 0 amide bonds. The summed E-state index contributed by atoms with van der Waals surface area (Å²) in [6.45, 7) is 7.73. The molecule has 1 saturated carbocycles. The first kappa shape index (κ1) is 15.5. The molecule has 0 bridgehead atoms. The van der Waals surface area contributed by atoms with Gasteiger partial charge in [-0.05, 0) is 50.6 Å². The molecule has 0 radical (unpaired) electrons. The molecule has 0 aliphatic heterocycles. The van der Waals surface area contributed by atoms with E-state index in [2.05, 4.69) is 50.4 Å². The van der Waals surface area contributed by atoms with Gasteiger partial charge in [0.05, 0.1) is 12.2 Å². The molecule has 0 saturated heterocycles. The molecule has 2 nitrogen and oxygen atoms in total. The van der Waals surface area contributed by atoms with Gasteiger partial charge in [-0.1, -0.05) is 43.7 Å². The maximum atomic E-state index is 6.45. The average Bonchev–Trinajstić information content (AvgIpc) is 2.37. The number of aryl methyl sites for hydroxylation is 1. The number of likely N-dealkylation sites (N-methyl/N-ethyl adjacent to an activating group) is 1. The van der Waals surface area contributed by atoms with E-state index in [4.69, 9.17) is 4.74 Å². The molecule has 0 aromatic heterocycles. The minimum absolute atomic E-state index is 0.169. The zero-order valence-corrected chi connectivity index (χ0v) is 13.4. The third-order valence-electron chi connectivity index (χ3n) is 4.30. The van der Waals surface area contributed by atoms with Gasteiger partial charge in [-0.2, -0.15) is 0 Å². The Morgan fingerprint density at radius 2 is 1.90 bits per heavy atom. The van der Waals surface area contributed by atoms with Gasteiger partial charge in [0.25, 0.3) is 0 Å². The van der Waals surface area contributed by atoms with Crippen molar-refractivity contribution in [3.05, 3.63) is 35.4 Å². The lowest BCUT2D eigenvalue weighted by Gasteiger charge is -2.34. The quantitative estimate of drug-likeness (QED) is 0.873. The maximum absolute atomic E-state index is 6.45. The highest BCUT2D eigenvalue weighted by atomic mass is 16.5. The van der Waals surface area contributed by atoms with Crippen LogP contribution in [0.3, 0.4) is 0 Å². The second-order valence-corrected chi connectivity index (χ2v) is 6.64. The van der Waals surface area contributed by atoms with Crippen molar-refractivity contribution in [2.75, 3.05) is 13.6 Å². The lowest BCUT2D eigenvalue weighted by molar-refractivity contribution is -0.0491. The van der Waals surface area contributed by atoms with Crippen molar-refractivity contribution in [3.8, 4) is 0 Å². The van der Waals surface area contributed by atoms with Gasteiger partial charge >= 0.3 is 0 Å². The van der Waals surface area contributed by atoms with E-state index >= 15 is 0 Å². The van der Waals surface area contributed by atoms with Crippen LogP contribution >= 0.6 is 0 Å². The third-order valence-corrected chi connectivity index (χ3v) is 4.30. The van der Waals surface area contributed by atoms with Crippen molar-refractivity contribution < 1.29 is 4.74 Å². The van der Waals surface area contributed by atoms with Crippen molar-refractivity contribution in [1.82, 2.24) is 5.32 Å². The topological polar surface area (TPSA) is 21.3 Å². The van der Waals surface area contributed by atoms with E-state index in [1.807, 2.05) is 7.05 Å². The fourth-order valence-electron chi connectivity index (χ4n) is 3.52. The summed E-state index contributed by atoms with van der Waals surface area (Å²) < 4.78 is 6.45. The van der Waals surface area contributed by atoms with E-state index < -0.39 is 0 Å². The molecule has 0 heterocycles. The van der Waals surface area contributed by atoms with E-state index in [1.165, 1.54) is 30.4 Å². The van der Waals surface area contributed by atoms with Crippen LogP contribution in [0.4, 0.5) is 0 Å². The molecule has 0 spiro atoms. The summed E-state index contributed by atoms with van der Waals surface area (Å²) in [4.78, 5) is 0. The Bertz CT molecular complexity index is 408. The largest absolute Gasteiger partial charge is 0.369 e. The molecule has 1 aromatic rings. The summed E-state index contributed by atoms with van der Waals surface area (Å²) in [6.07, 6.45) is 4.34. The van der Waals surface area contributed by atoms with Crippen LogP contribution in [0.2, 0.25) is 0 Å². The molecule has 1 N–H and O–H groups in total. The molecule has 3 unspecified atom stereocenters. The molecule has 1 aliphatic carbocycles. The minimum Gasteiger partial charge on any atom is -0.369 e. The number of hydrogen-bond acceptors (Lipinski definition) is 2. The second kappa shape index (κ2) is 7.24. The Kier molecular flexibility index (Phi) is 5.62. The molecule has 1 aromatic carbocycles. The van der Waals surface area contributed by atoms with Crippen LogP contribution < -0.4 is 5.32 Å². The van der Waals surface area contributed by atoms with E-state index in [0.717, 1.165) is 18.4 Å². The fourth-order valence-corrected chi connectivity index (χ4v) is 3.52. The van der Waals surface area contributed by atoms with Crippen LogP contribution in [0.25, 0.3) is 0 Å². The summed E-state index contributed by atoms with van der Waals surface area (Å²) in [5.74, 6) is 1.58. The first-order chi connectivity index (χ1) is 9.58. The van der Waals surface area contributed by atoms with E-state index in [-0.39, 0.29) is 6.10 Å². The van der Waals surface area contributed by atoms with Crippen LogP contribution in [-0.2, 0) is 4.74 Å². The van der Waals surface area contributed by atoms with Gasteiger partial charge in [0, 0.05) is 6.54 Å². The maximum Gasteiger partial charge on any atom is 0.0952 e. The van der Waals surface area contributed by atoms with Crippen LogP contribution in [-0.4, -0.2) is 19.7 Å². The van der Waals surface area contributed by atoms with Gasteiger partial charge in [-0.15, -0.1) is 0 Å². The molecular weight excluding hydrogens is 246 g/mol. The Balaban J connectivity index is 2.05. The van der Waals surface area contributed by atoms with Gasteiger partial charge < -0.3 is 10.1 Å². The van der Waals surface area contributed by atoms with Gasteiger partial charge in [-0.25, -0.2) is 0 Å². The number of rotatable bonds is 5. The molecule has 2 heteroatoms. The number of ether oxygens (including phenoxy) is 1. The molecule has 3 atom stereocenters. The van der Waals surface area contributed by atoms with E-state index in [0.29, 0.717) is 6.10 Å². The van der Waals surface area contributed by atoms with Gasteiger partial charge in [-0.3, -0.25) is 0 Å². The molecule has 2 rings (SSSR count). The van der Waals surface area contributed by atoms with Crippen molar-refractivity contribution in [3.63, 3.8) is 0 Å². The predicted octanol–water partition coefficient (Wildman–Crippen LogP) is 4.10. The summed E-state index contributed by atoms with van der Waals surface area (Å²) in [7, 11) is 2.00. The van der Waals surface area contributed by atoms with Crippen molar-refractivity contribution in [1.29, 1.82) is 0 Å². The lowest BCUT2D eigenvalue weighted by atomic mass is 9.81. The fraction of sp³-hybridized carbons (Fsp3) is 0.667. The first-order valence-electron chi connectivity index (χ1n) is 7.95. The average molecular weight is 275 g/mol. The molecule has 1 fully saturated rings. The lowest BCUT2D eigenvalue weighted by Crippen LogP contribution is -2.30. The smallest absolute Gasteiger partial charge is 0.0952 e. The minimum atomic E-state index is 0.169. The van der Waals surface area contributed by atoms with Crippen LogP contribution in [0.15, 0.2) is 24.3 Å². The van der Waals surface area contributed by atoms with Crippen LogP contribution in [0.5, 0.6) is 0 Å². The predicted molar refractivity (Wildman–Crippen MR) is 84.9 cm³/mol. The summed E-state index contributed by atoms with van der Waals surface area (Å²) in [6, 6.07) is 8.70. The highest BCUT2D eigenvalue weighted by Crippen LogP contribution is 2.33. The van der Waals surface area contributed by atoms with Crippen molar-refractivity contribution in [2.45, 2.75) is 52.2 Å².